The molecule has 1 aliphatic rings. The predicted octanol–water partition coefficient (Wildman–Crippen LogP) is 1.28. The second-order valence-corrected chi connectivity index (χ2v) is 3.37. The van der Waals surface area contributed by atoms with Gasteiger partial charge in [0.25, 0.3) is 0 Å². The summed E-state index contributed by atoms with van der Waals surface area (Å²) >= 11 is 0. The Bertz CT molecular complexity index is 138. The van der Waals surface area contributed by atoms with Gasteiger partial charge in [-0.05, 0) is 5.92 Å². The lowest BCUT2D eigenvalue weighted by Crippen LogP contribution is -2.37. The molecule has 0 radical (unpaired) electrons. The van der Waals surface area contributed by atoms with Crippen molar-refractivity contribution < 1.29 is 0 Å². The molecule has 0 fully saturated rings. The van der Waals surface area contributed by atoms with E-state index in [0.717, 1.165) is 13.1 Å². The van der Waals surface area contributed by atoms with E-state index in [0.29, 0.717) is 11.8 Å². The van der Waals surface area contributed by atoms with Gasteiger partial charge in [0.2, 0.25) is 0 Å². The van der Waals surface area contributed by atoms with Crippen LogP contribution in [0.5, 0.6) is 0 Å². The summed E-state index contributed by atoms with van der Waals surface area (Å²) < 4.78 is 0. The molecule has 1 heterocycles. The molecule has 0 saturated carbocycles. The van der Waals surface area contributed by atoms with Gasteiger partial charge in [0.15, 0.2) is 0 Å². The van der Waals surface area contributed by atoms with E-state index in [1.54, 1.807) is 0 Å². The Labute approximate surface area is 62.7 Å². The van der Waals surface area contributed by atoms with Crippen LogP contribution in [0.3, 0.4) is 0 Å². The molecule has 0 aliphatic carbocycles. The van der Waals surface area contributed by atoms with Gasteiger partial charge in [-0.25, -0.2) is 0 Å². The van der Waals surface area contributed by atoms with E-state index in [4.69, 9.17) is 0 Å². The van der Waals surface area contributed by atoms with Crippen LogP contribution in [0.25, 0.3) is 0 Å². The molecule has 2 nitrogen and oxygen atoms in total. The first-order valence-corrected chi connectivity index (χ1v) is 3.98. The molecule has 1 atom stereocenters. The average Bonchev–Trinajstić information content (AvgIpc) is 1.88. The summed E-state index contributed by atoms with van der Waals surface area (Å²) in [5.41, 5.74) is 0. The van der Waals surface area contributed by atoms with Crippen molar-refractivity contribution >= 4 is 5.84 Å². The lowest BCUT2D eigenvalue weighted by Gasteiger charge is -2.21. The third-order valence-electron chi connectivity index (χ3n) is 1.75. The van der Waals surface area contributed by atoms with Crippen LogP contribution in [0.1, 0.15) is 20.8 Å². The molecular formula is C8H16N2. The molecule has 0 saturated heterocycles. The molecule has 0 spiro atoms. The molecule has 1 rings (SSSR count). The smallest absolute Gasteiger partial charge is 0.0989 e. The van der Waals surface area contributed by atoms with E-state index < -0.39 is 0 Å². The molecule has 0 aromatic rings. The maximum Gasteiger partial charge on any atom is 0.0989 e. The number of hydrogen-bond acceptors (Lipinski definition) is 2. The molecule has 1 unspecified atom stereocenters. The molecule has 0 amide bonds. The summed E-state index contributed by atoms with van der Waals surface area (Å²) in [5, 5.41) is 3.32. The zero-order valence-corrected chi connectivity index (χ0v) is 7.02. The maximum absolute atomic E-state index is 4.42. The van der Waals surface area contributed by atoms with Gasteiger partial charge in [-0.15, -0.1) is 0 Å². The van der Waals surface area contributed by atoms with E-state index in [1.165, 1.54) is 5.84 Å². The van der Waals surface area contributed by atoms with Crippen LogP contribution in [0.15, 0.2) is 4.99 Å². The van der Waals surface area contributed by atoms with Gasteiger partial charge >= 0.3 is 0 Å². The molecule has 0 aromatic heterocycles. The molecule has 1 aliphatic heterocycles. The van der Waals surface area contributed by atoms with Crippen molar-refractivity contribution in [2.45, 2.75) is 20.8 Å². The zero-order chi connectivity index (χ0) is 7.56. The van der Waals surface area contributed by atoms with Gasteiger partial charge in [0.05, 0.1) is 5.84 Å². The Balaban J connectivity index is 2.48. The average molecular weight is 140 g/mol. The van der Waals surface area contributed by atoms with E-state index >= 15 is 0 Å². The normalized spacial score (nSPS) is 26.0. The van der Waals surface area contributed by atoms with Gasteiger partial charge in [0.1, 0.15) is 0 Å². The third kappa shape index (κ3) is 1.72. The molecule has 0 bridgehead atoms. The number of hydrogen-bond donors (Lipinski definition) is 1. The van der Waals surface area contributed by atoms with Crippen LogP contribution in [0.2, 0.25) is 0 Å². The fraction of sp³-hybridized carbons (Fsp3) is 0.875. The molecule has 10 heavy (non-hydrogen) atoms. The summed E-state index contributed by atoms with van der Waals surface area (Å²) in [6, 6.07) is 0. The highest BCUT2D eigenvalue weighted by Crippen LogP contribution is 2.04. The minimum atomic E-state index is 0.562. The zero-order valence-electron chi connectivity index (χ0n) is 7.02. The van der Waals surface area contributed by atoms with Gasteiger partial charge < -0.3 is 5.32 Å². The number of nitrogens with zero attached hydrogens (tertiary/aromatic N) is 1. The van der Waals surface area contributed by atoms with Crippen molar-refractivity contribution in [2.24, 2.45) is 16.8 Å². The first kappa shape index (κ1) is 7.58. The lowest BCUT2D eigenvalue weighted by molar-refractivity contribution is 0.539. The van der Waals surface area contributed by atoms with Crippen molar-refractivity contribution in [2.75, 3.05) is 13.1 Å². The Morgan fingerprint density at radius 3 is 2.70 bits per heavy atom. The Morgan fingerprint density at radius 2 is 2.30 bits per heavy atom. The third-order valence-corrected chi connectivity index (χ3v) is 1.75. The van der Waals surface area contributed by atoms with Crippen molar-refractivity contribution in [1.82, 2.24) is 5.32 Å². The topological polar surface area (TPSA) is 24.4 Å². The van der Waals surface area contributed by atoms with Crippen molar-refractivity contribution in [1.29, 1.82) is 0 Å². The predicted molar refractivity (Wildman–Crippen MR) is 44.3 cm³/mol. The molecule has 0 aromatic carbocycles. The molecule has 58 valence electrons. The molecular weight excluding hydrogens is 124 g/mol. The van der Waals surface area contributed by atoms with Gasteiger partial charge in [0, 0.05) is 19.0 Å². The standard InChI is InChI=1S/C8H16N2/c1-6(2)8-9-4-7(3)5-10-8/h6-7H,4-5H2,1-3H3,(H,9,10). The van der Waals surface area contributed by atoms with Gasteiger partial charge in [-0.3, -0.25) is 4.99 Å². The lowest BCUT2D eigenvalue weighted by atomic mass is 10.1. The van der Waals surface area contributed by atoms with E-state index in [1.807, 2.05) is 0 Å². The number of rotatable bonds is 1. The largest absolute Gasteiger partial charge is 0.373 e. The minimum Gasteiger partial charge on any atom is -0.373 e. The highest BCUT2D eigenvalue weighted by molar-refractivity contribution is 5.84. The Kier molecular flexibility index (Phi) is 2.30. The fourth-order valence-electron chi connectivity index (χ4n) is 1.04. The van der Waals surface area contributed by atoms with E-state index in [9.17, 15) is 0 Å². The summed E-state index contributed by atoms with van der Waals surface area (Å²) in [7, 11) is 0. The van der Waals surface area contributed by atoms with Crippen LogP contribution < -0.4 is 5.32 Å². The first-order valence-electron chi connectivity index (χ1n) is 3.98. The SMILES string of the molecule is CC1CN=C(C(C)C)NC1. The summed E-state index contributed by atoms with van der Waals surface area (Å²) in [4.78, 5) is 4.42. The first-order chi connectivity index (χ1) is 4.70. The number of amidine groups is 1. The summed E-state index contributed by atoms with van der Waals surface area (Å²) in [5.74, 6) is 2.45. The monoisotopic (exact) mass is 140 g/mol. The minimum absolute atomic E-state index is 0.562. The number of nitrogens with one attached hydrogen (secondary N) is 1. The van der Waals surface area contributed by atoms with Crippen LogP contribution in [-0.2, 0) is 0 Å². The molecule has 1 N–H and O–H groups in total. The Hall–Kier alpha value is -0.530. The highest BCUT2D eigenvalue weighted by atomic mass is 15.0. The van der Waals surface area contributed by atoms with Crippen molar-refractivity contribution in [3.05, 3.63) is 0 Å². The van der Waals surface area contributed by atoms with Gasteiger partial charge in [-0.2, -0.15) is 0 Å². The van der Waals surface area contributed by atoms with Crippen LogP contribution >= 0.6 is 0 Å². The number of aliphatic imine (C=N–C) groups is 1. The molecule has 2 heteroatoms. The van der Waals surface area contributed by atoms with E-state index in [-0.39, 0.29) is 0 Å². The van der Waals surface area contributed by atoms with Crippen molar-refractivity contribution in [3.8, 4) is 0 Å². The van der Waals surface area contributed by atoms with Crippen molar-refractivity contribution in [3.63, 3.8) is 0 Å². The van der Waals surface area contributed by atoms with Crippen LogP contribution in [0.4, 0.5) is 0 Å². The fourth-order valence-corrected chi connectivity index (χ4v) is 1.04. The maximum atomic E-state index is 4.42. The van der Waals surface area contributed by atoms with Crippen LogP contribution in [0, 0.1) is 11.8 Å². The second kappa shape index (κ2) is 3.04. The summed E-state index contributed by atoms with van der Waals surface area (Å²) in [6.07, 6.45) is 0. The van der Waals surface area contributed by atoms with Crippen LogP contribution in [-0.4, -0.2) is 18.9 Å². The second-order valence-electron chi connectivity index (χ2n) is 3.37. The quantitative estimate of drug-likeness (QED) is 0.583. The highest BCUT2D eigenvalue weighted by Gasteiger charge is 2.11. The summed E-state index contributed by atoms with van der Waals surface area (Å²) in [6.45, 7) is 8.65. The van der Waals surface area contributed by atoms with E-state index in [2.05, 4.69) is 31.1 Å². The Morgan fingerprint density at radius 1 is 1.60 bits per heavy atom. The van der Waals surface area contributed by atoms with Gasteiger partial charge in [-0.1, -0.05) is 20.8 Å².